The summed E-state index contributed by atoms with van der Waals surface area (Å²) in [7, 11) is 0. The highest BCUT2D eigenvalue weighted by atomic mass is 79.9. The molecular weight excluding hydrogens is 322 g/mol. The largest absolute Gasteiger partial charge is 1.00 e. The minimum atomic E-state index is 0. The Morgan fingerprint density at radius 1 is 1.11 bits per heavy atom. The van der Waals surface area contributed by atoms with Gasteiger partial charge < -0.3 is 21.5 Å². The molecule has 19 heavy (non-hydrogen) atoms. The van der Waals surface area contributed by atoms with Crippen molar-refractivity contribution in [1.82, 2.24) is 0 Å². The topological polar surface area (TPSA) is 0 Å². The van der Waals surface area contributed by atoms with Crippen LogP contribution in [0.15, 0.2) is 30.3 Å². The molecule has 0 saturated carbocycles. The van der Waals surface area contributed by atoms with Crippen LogP contribution in [0.4, 0.5) is 0 Å². The monoisotopic (exact) mass is 339 g/mol. The van der Waals surface area contributed by atoms with Crippen molar-refractivity contribution >= 4 is 22.4 Å². The molecule has 0 radical (unpaired) electrons. The Bertz CT molecular complexity index is 605. The molecule has 1 aliphatic rings. The van der Waals surface area contributed by atoms with Gasteiger partial charge in [0.1, 0.15) is 13.1 Å². The average molecular weight is 341 g/mol. The molecule has 0 atom stereocenters. The summed E-state index contributed by atoms with van der Waals surface area (Å²) in [4.78, 5) is 0. The lowest BCUT2D eigenvalue weighted by atomic mass is 10.0. The van der Waals surface area contributed by atoms with Crippen LogP contribution in [0.3, 0.4) is 0 Å². The van der Waals surface area contributed by atoms with Gasteiger partial charge in [0.05, 0.1) is 18.1 Å². The minimum Gasteiger partial charge on any atom is -1.00 e. The van der Waals surface area contributed by atoms with Crippen LogP contribution in [-0.2, 0) is 13.1 Å². The number of rotatable bonds is 2. The quantitative estimate of drug-likeness (QED) is 0.724. The number of halogens is 2. The lowest BCUT2D eigenvalue weighted by Gasteiger charge is -2.31. The second-order valence-electron chi connectivity index (χ2n) is 5.34. The van der Waals surface area contributed by atoms with E-state index in [-0.39, 0.29) is 17.0 Å². The zero-order valence-corrected chi connectivity index (χ0v) is 13.8. The van der Waals surface area contributed by atoms with Gasteiger partial charge in [0.25, 0.3) is 0 Å². The van der Waals surface area contributed by atoms with Crippen molar-refractivity contribution < 1.29 is 21.5 Å². The maximum Gasteiger partial charge on any atom is 0.107 e. The van der Waals surface area contributed by atoms with Gasteiger partial charge in [-0.3, -0.25) is 0 Å². The van der Waals surface area contributed by atoms with E-state index in [0.717, 1.165) is 22.6 Å². The van der Waals surface area contributed by atoms with E-state index in [9.17, 15) is 0 Å². The van der Waals surface area contributed by atoms with Gasteiger partial charge in [-0.05, 0) is 25.3 Å². The SMILES string of the molecule is CC[N+]1(CC)Cc2cc3ccccc3c(Cl)c2C1.[Br-]. The summed E-state index contributed by atoms with van der Waals surface area (Å²) in [5, 5.41) is 3.45. The molecule has 2 aromatic carbocycles. The summed E-state index contributed by atoms with van der Waals surface area (Å²) in [6, 6.07) is 10.8. The lowest BCUT2D eigenvalue weighted by Crippen LogP contribution is -3.00. The van der Waals surface area contributed by atoms with Crippen molar-refractivity contribution in [3.63, 3.8) is 0 Å². The number of hydrogen-bond donors (Lipinski definition) is 0. The van der Waals surface area contributed by atoms with Crippen molar-refractivity contribution in [2.24, 2.45) is 0 Å². The van der Waals surface area contributed by atoms with Gasteiger partial charge >= 0.3 is 0 Å². The Hall–Kier alpha value is -0.570. The highest BCUT2D eigenvalue weighted by Crippen LogP contribution is 2.38. The van der Waals surface area contributed by atoms with Gasteiger partial charge in [-0.15, -0.1) is 0 Å². The Kier molecular flexibility index (Phi) is 4.24. The fraction of sp³-hybridized carbons (Fsp3) is 0.375. The first-order chi connectivity index (χ1) is 8.69. The highest BCUT2D eigenvalue weighted by Gasteiger charge is 2.34. The Morgan fingerprint density at radius 2 is 1.79 bits per heavy atom. The maximum atomic E-state index is 6.62. The predicted molar refractivity (Wildman–Crippen MR) is 77.7 cm³/mol. The Balaban J connectivity index is 0.00000133. The van der Waals surface area contributed by atoms with Crippen molar-refractivity contribution in [1.29, 1.82) is 0 Å². The molecule has 0 spiro atoms. The van der Waals surface area contributed by atoms with Crippen molar-refractivity contribution in [2.75, 3.05) is 13.1 Å². The Morgan fingerprint density at radius 3 is 2.47 bits per heavy atom. The third-order valence-corrected chi connectivity index (χ3v) is 4.95. The summed E-state index contributed by atoms with van der Waals surface area (Å²) in [6.07, 6.45) is 0. The van der Waals surface area contributed by atoms with E-state index in [1.807, 2.05) is 0 Å². The molecule has 0 bridgehead atoms. The summed E-state index contributed by atoms with van der Waals surface area (Å²) in [5.41, 5.74) is 2.82. The van der Waals surface area contributed by atoms with E-state index in [0.29, 0.717) is 0 Å². The summed E-state index contributed by atoms with van der Waals surface area (Å²) in [5.74, 6) is 0. The molecule has 2 aromatic rings. The van der Waals surface area contributed by atoms with Crippen LogP contribution >= 0.6 is 11.6 Å². The molecule has 3 rings (SSSR count). The standard InChI is InChI=1S/C16H19ClN.BrH/c1-3-18(4-2)10-13-9-12-7-5-6-8-14(12)16(17)15(13)11-18;/h5-9H,3-4,10-11H2,1-2H3;1H/q+1;/p-1. The first-order valence-corrected chi connectivity index (χ1v) is 7.11. The summed E-state index contributed by atoms with van der Waals surface area (Å²) in [6.45, 7) is 9.14. The normalized spacial score (nSPS) is 16.2. The predicted octanol–water partition coefficient (Wildman–Crippen LogP) is 1.37. The zero-order valence-electron chi connectivity index (χ0n) is 11.4. The first-order valence-electron chi connectivity index (χ1n) is 6.73. The van der Waals surface area contributed by atoms with E-state index < -0.39 is 0 Å². The average Bonchev–Trinajstić information content (AvgIpc) is 2.79. The van der Waals surface area contributed by atoms with Gasteiger partial charge in [0.2, 0.25) is 0 Å². The number of benzene rings is 2. The van der Waals surface area contributed by atoms with Crippen LogP contribution in [-0.4, -0.2) is 17.6 Å². The van der Waals surface area contributed by atoms with E-state index in [4.69, 9.17) is 11.6 Å². The Labute approximate surface area is 130 Å². The maximum absolute atomic E-state index is 6.62. The van der Waals surface area contributed by atoms with Crippen molar-refractivity contribution in [3.8, 4) is 0 Å². The molecule has 0 saturated heterocycles. The van der Waals surface area contributed by atoms with Gasteiger partial charge in [0, 0.05) is 16.5 Å². The number of nitrogens with zero attached hydrogens (tertiary/aromatic N) is 1. The smallest absolute Gasteiger partial charge is 0.107 e. The van der Waals surface area contributed by atoms with Gasteiger partial charge in [0.15, 0.2) is 0 Å². The molecule has 0 aromatic heterocycles. The third kappa shape index (κ3) is 2.31. The van der Waals surface area contributed by atoms with E-state index in [2.05, 4.69) is 44.2 Å². The van der Waals surface area contributed by atoms with Gasteiger partial charge in [-0.1, -0.05) is 35.9 Å². The third-order valence-electron chi connectivity index (χ3n) is 4.52. The molecular formula is C16H19BrClN. The molecule has 1 nitrogen and oxygen atoms in total. The molecule has 3 heteroatoms. The van der Waals surface area contributed by atoms with E-state index in [1.165, 1.54) is 35.0 Å². The van der Waals surface area contributed by atoms with Crippen molar-refractivity contribution in [3.05, 3.63) is 46.5 Å². The van der Waals surface area contributed by atoms with Crippen LogP contribution in [0.5, 0.6) is 0 Å². The zero-order chi connectivity index (χ0) is 12.8. The lowest BCUT2D eigenvalue weighted by molar-refractivity contribution is -0.944. The van der Waals surface area contributed by atoms with Crippen LogP contribution < -0.4 is 17.0 Å². The molecule has 1 aliphatic heterocycles. The molecule has 0 unspecified atom stereocenters. The van der Waals surface area contributed by atoms with E-state index in [1.54, 1.807) is 0 Å². The van der Waals surface area contributed by atoms with Crippen molar-refractivity contribution in [2.45, 2.75) is 26.9 Å². The fourth-order valence-electron chi connectivity index (χ4n) is 3.14. The number of hydrogen-bond acceptors (Lipinski definition) is 0. The molecule has 1 heterocycles. The highest BCUT2D eigenvalue weighted by molar-refractivity contribution is 6.36. The molecule has 0 aliphatic carbocycles. The van der Waals surface area contributed by atoms with Crippen LogP contribution in [0.1, 0.15) is 25.0 Å². The van der Waals surface area contributed by atoms with Crippen LogP contribution in [0, 0.1) is 0 Å². The molecule has 0 fully saturated rings. The molecule has 0 N–H and O–H groups in total. The van der Waals surface area contributed by atoms with Crippen LogP contribution in [0.2, 0.25) is 5.02 Å². The molecule has 0 amide bonds. The minimum absolute atomic E-state index is 0. The first kappa shape index (κ1) is 14.8. The van der Waals surface area contributed by atoms with Gasteiger partial charge in [-0.2, -0.15) is 0 Å². The second-order valence-corrected chi connectivity index (χ2v) is 5.72. The van der Waals surface area contributed by atoms with E-state index >= 15 is 0 Å². The number of quaternary nitrogens is 1. The summed E-state index contributed by atoms with van der Waals surface area (Å²) < 4.78 is 1.14. The fourth-order valence-corrected chi connectivity index (χ4v) is 3.49. The molecule has 102 valence electrons. The van der Waals surface area contributed by atoms with Crippen LogP contribution in [0.25, 0.3) is 10.8 Å². The second kappa shape index (κ2) is 5.43. The number of fused-ring (bicyclic) bond motifs is 2. The summed E-state index contributed by atoms with van der Waals surface area (Å²) >= 11 is 6.62. The van der Waals surface area contributed by atoms with Gasteiger partial charge in [-0.25, -0.2) is 0 Å².